The summed E-state index contributed by atoms with van der Waals surface area (Å²) in [5.74, 6) is 0. The van der Waals surface area contributed by atoms with Gasteiger partial charge in [-0.3, -0.25) is 5.10 Å². The van der Waals surface area contributed by atoms with E-state index in [1.807, 2.05) is 0 Å². The number of rotatable bonds is 7. The minimum Gasteiger partial charge on any atom is -0.281 e. The summed E-state index contributed by atoms with van der Waals surface area (Å²) in [5, 5.41) is 7.53. The Bertz CT molecular complexity index is 437. The van der Waals surface area contributed by atoms with Crippen molar-refractivity contribution in [3.05, 3.63) is 11.4 Å². The summed E-state index contributed by atoms with van der Waals surface area (Å²) in [6.45, 7) is 3.86. The van der Waals surface area contributed by atoms with Gasteiger partial charge in [-0.2, -0.15) is 5.10 Å². The molecule has 1 heterocycles. The molecule has 0 fully saturated rings. The van der Waals surface area contributed by atoms with Gasteiger partial charge < -0.3 is 0 Å². The van der Waals surface area contributed by atoms with Crippen LogP contribution in [0, 0.1) is 13.8 Å². The highest BCUT2D eigenvalue weighted by atomic mass is 79.9. The fourth-order valence-corrected chi connectivity index (χ4v) is 3.45. The van der Waals surface area contributed by atoms with Gasteiger partial charge in [-0.25, -0.2) is 13.1 Å². The van der Waals surface area contributed by atoms with Crippen molar-refractivity contribution >= 4 is 26.0 Å². The smallest absolute Gasteiger partial charge is 0.244 e. The number of aromatic nitrogens is 2. The highest BCUT2D eigenvalue weighted by Gasteiger charge is 2.21. The first-order chi connectivity index (χ1) is 7.99. The molecule has 0 aliphatic carbocycles. The molecule has 0 unspecified atom stereocenters. The van der Waals surface area contributed by atoms with Crippen molar-refractivity contribution < 1.29 is 8.42 Å². The van der Waals surface area contributed by atoms with Crippen LogP contribution >= 0.6 is 15.9 Å². The molecular formula is C10H18BrN3O2S. The molecule has 0 atom stereocenters. The van der Waals surface area contributed by atoms with Gasteiger partial charge in [0.15, 0.2) is 0 Å². The highest BCUT2D eigenvalue weighted by molar-refractivity contribution is 9.09. The van der Waals surface area contributed by atoms with Crippen molar-refractivity contribution in [1.29, 1.82) is 0 Å². The number of sulfonamides is 1. The molecule has 0 saturated heterocycles. The van der Waals surface area contributed by atoms with Gasteiger partial charge in [-0.15, -0.1) is 0 Å². The van der Waals surface area contributed by atoms with E-state index in [1.165, 1.54) is 0 Å². The molecule has 7 heteroatoms. The summed E-state index contributed by atoms with van der Waals surface area (Å²) in [6, 6.07) is 0. The average Bonchev–Trinajstić information content (AvgIpc) is 2.58. The number of halogens is 1. The third kappa shape index (κ3) is 4.08. The van der Waals surface area contributed by atoms with Crippen LogP contribution in [0.1, 0.15) is 30.7 Å². The lowest BCUT2D eigenvalue weighted by molar-refractivity contribution is 0.575. The van der Waals surface area contributed by atoms with Gasteiger partial charge in [0.05, 0.1) is 11.4 Å². The number of aromatic amines is 1. The monoisotopic (exact) mass is 323 g/mol. The SMILES string of the molecule is Cc1n[nH]c(C)c1S(=O)(=O)NCCCCCBr. The largest absolute Gasteiger partial charge is 0.281 e. The van der Waals surface area contributed by atoms with Crippen LogP contribution in [0.2, 0.25) is 0 Å². The van der Waals surface area contributed by atoms with Crippen molar-refractivity contribution in [1.82, 2.24) is 14.9 Å². The van der Waals surface area contributed by atoms with Gasteiger partial charge in [0.1, 0.15) is 4.90 Å². The maximum absolute atomic E-state index is 12.0. The lowest BCUT2D eigenvalue weighted by atomic mass is 10.3. The van der Waals surface area contributed by atoms with Crippen molar-refractivity contribution in [2.24, 2.45) is 0 Å². The summed E-state index contributed by atoms with van der Waals surface area (Å²) in [5.41, 5.74) is 1.09. The fourth-order valence-electron chi connectivity index (χ4n) is 1.61. The number of alkyl halides is 1. The predicted molar refractivity (Wildman–Crippen MR) is 70.9 cm³/mol. The van der Waals surface area contributed by atoms with E-state index in [1.54, 1.807) is 13.8 Å². The maximum atomic E-state index is 12.0. The first-order valence-corrected chi connectivity index (χ1v) is 8.16. The van der Waals surface area contributed by atoms with E-state index in [-0.39, 0.29) is 4.90 Å². The van der Waals surface area contributed by atoms with Gasteiger partial charge in [0.2, 0.25) is 10.0 Å². The van der Waals surface area contributed by atoms with Crippen LogP contribution in [0.5, 0.6) is 0 Å². The topological polar surface area (TPSA) is 74.8 Å². The molecule has 0 amide bonds. The first-order valence-electron chi connectivity index (χ1n) is 5.56. The molecular weight excluding hydrogens is 306 g/mol. The van der Waals surface area contributed by atoms with Crippen LogP contribution in [0.4, 0.5) is 0 Å². The molecule has 0 radical (unpaired) electrons. The number of nitrogens with zero attached hydrogens (tertiary/aromatic N) is 1. The van der Waals surface area contributed by atoms with E-state index in [9.17, 15) is 8.42 Å². The second kappa shape index (κ2) is 6.51. The summed E-state index contributed by atoms with van der Waals surface area (Å²) in [6.07, 6.45) is 2.92. The molecule has 17 heavy (non-hydrogen) atoms. The van der Waals surface area contributed by atoms with Crippen LogP contribution in [-0.4, -0.2) is 30.5 Å². The standard InChI is InChI=1S/C10H18BrN3O2S/c1-8-10(9(2)14-13-8)17(15,16)12-7-5-3-4-6-11/h12H,3-7H2,1-2H3,(H,13,14). The van der Waals surface area contributed by atoms with E-state index in [0.29, 0.717) is 17.9 Å². The zero-order chi connectivity index (χ0) is 12.9. The Morgan fingerprint density at radius 1 is 1.29 bits per heavy atom. The summed E-state index contributed by atoms with van der Waals surface area (Å²) < 4.78 is 26.6. The molecule has 0 bridgehead atoms. The number of nitrogens with one attached hydrogen (secondary N) is 2. The number of unbranched alkanes of at least 4 members (excludes halogenated alkanes) is 2. The molecule has 0 spiro atoms. The van der Waals surface area contributed by atoms with Crippen LogP contribution in [-0.2, 0) is 10.0 Å². The third-order valence-electron chi connectivity index (χ3n) is 2.43. The maximum Gasteiger partial charge on any atom is 0.244 e. The Labute approximate surface area is 111 Å². The summed E-state index contributed by atoms with van der Waals surface area (Å²) in [7, 11) is -3.42. The number of hydrogen-bond donors (Lipinski definition) is 2. The highest BCUT2D eigenvalue weighted by Crippen LogP contribution is 2.16. The molecule has 1 aromatic heterocycles. The Morgan fingerprint density at radius 2 is 2.00 bits per heavy atom. The van der Waals surface area contributed by atoms with Gasteiger partial charge in [-0.05, 0) is 26.7 Å². The second-order valence-electron chi connectivity index (χ2n) is 3.91. The van der Waals surface area contributed by atoms with Crippen LogP contribution in [0.3, 0.4) is 0 Å². The molecule has 2 N–H and O–H groups in total. The molecule has 0 aliphatic heterocycles. The van der Waals surface area contributed by atoms with Gasteiger partial charge in [0.25, 0.3) is 0 Å². The van der Waals surface area contributed by atoms with E-state index in [0.717, 1.165) is 24.6 Å². The summed E-state index contributed by atoms with van der Waals surface area (Å²) >= 11 is 3.34. The minimum absolute atomic E-state index is 0.276. The Morgan fingerprint density at radius 3 is 2.53 bits per heavy atom. The normalized spacial score (nSPS) is 11.9. The van der Waals surface area contributed by atoms with Crippen LogP contribution in [0.25, 0.3) is 0 Å². The van der Waals surface area contributed by atoms with Crippen molar-refractivity contribution in [2.45, 2.75) is 38.0 Å². The predicted octanol–water partition coefficient (Wildman–Crippen LogP) is 1.87. The molecule has 1 rings (SSSR count). The van der Waals surface area contributed by atoms with E-state index >= 15 is 0 Å². The summed E-state index contributed by atoms with van der Waals surface area (Å²) in [4.78, 5) is 0.276. The zero-order valence-corrected chi connectivity index (χ0v) is 12.5. The number of hydrogen-bond acceptors (Lipinski definition) is 3. The van der Waals surface area contributed by atoms with Gasteiger partial charge in [-0.1, -0.05) is 22.4 Å². The fraction of sp³-hybridized carbons (Fsp3) is 0.700. The van der Waals surface area contributed by atoms with Gasteiger partial charge >= 0.3 is 0 Å². The Hall–Kier alpha value is -0.400. The first kappa shape index (κ1) is 14.7. The Balaban J connectivity index is 2.58. The van der Waals surface area contributed by atoms with Crippen molar-refractivity contribution in [2.75, 3.05) is 11.9 Å². The molecule has 0 aromatic carbocycles. The van der Waals surface area contributed by atoms with Crippen molar-refractivity contribution in [3.8, 4) is 0 Å². The van der Waals surface area contributed by atoms with E-state index < -0.39 is 10.0 Å². The second-order valence-corrected chi connectivity index (χ2v) is 6.41. The zero-order valence-electron chi connectivity index (χ0n) is 10.1. The molecule has 5 nitrogen and oxygen atoms in total. The van der Waals surface area contributed by atoms with Gasteiger partial charge in [0, 0.05) is 11.9 Å². The van der Waals surface area contributed by atoms with E-state index in [2.05, 4.69) is 30.8 Å². The average molecular weight is 324 g/mol. The number of aryl methyl sites for hydroxylation is 2. The number of H-pyrrole nitrogens is 1. The third-order valence-corrected chi connectivity index (χ3v) is 4.72. The van der Waals surface area contributed by atoms with Crippen LogP contribution < -0.4 is 4.72 Å². The quantitative estimate of drug-likeness (QED) is 0.594. The molecule has 0 saturated carbocycles. The lowest BCUT2D eigenvalue weighted by Gasteiger charge is -2.06. The van der Waals surface area contributed by atoms with Crippen LogP contribution in [0.15, 0.2) is 4.90 Å². The lowest BCUT2D eigenvalue weighted by Crippen LogP contribution is -2.25. The Kier molecular flexibility index (Phi) is 5.61. The van der Waals surface area contributed by atoms with E-state index in [4.69, 9.17) is 0 Å². The molecule has 98 valence electrons. The molecule has 1 aromatic rings. The van der Waals surface area contributed by atoms with Crippen molar-refractivity contribution in [3.63, 3.8) is 0 Å². The molecule has 0 aliphatic rings. The minimum atomic E-state index is -3.42.